The Morgan fingerprint density at radius 2 is 2.33 bits per heavy atom. The van der Waals surface area contributed by atoms with E-state index in [1.165, 1.54) is 6.92 Å². The molecule has 1 atom stereocenters. The number of amides is 2. The van der Waals surface area contributed by atoms with Crippen LogP contribution in [0.15, 0.2) is 0 Å². The van der Waals surface area contributed by atoms with Gasteiger partial charge in [0.25, 0.3) is 5.91 Å². The fourth-order valence-corrected chi connectivity index (χ4v) is 0.255. The Kier molecular flexibility index (Phi) is 3.79. The van der Waals surface area contributed by atoms with Crippen LogP contribution in [0.3, 0.4) is 0 Å². The molecule has 0 bridgehead atoms. The molecule has 0 saturated heterocycles. The van der Waals surface area contributed by atoms with Crippen molar-refractivity contribution < 1.29 is 9.59 Å². The number of carbonyl (C=O) groups excluding carboxylic acids is 2. The number of alkyl halides is 1. The number of carbonyl (C=O) groups is 2. The summed E-state index contributed by atoms with van der Waals surface area (Å²) in [6.45, 7) is 1.50. The SMILES string of the molecule is CC(Cl)C(=O)NNC=O. The summed E-state index contributed by atoms with van der Waals surface area (Å²) in [7, 11) is 0. The van der Waals surface area contributed by atoms with Gasteiger partial charge in [0.15, 0.2) is 0 Å². The molecule has 0 aliphatic carbocycles. The van der Waals surface area contributed by atoms with Gasteiger partial charge < -0.3 is 0 Å². The van der Waals surface area contributed by atoms with Crippen LogP contribution in [0.25, 0.3) is 0 Å². The van der Waals surface area contributed by atoms with Crippen molar-refractivity contribution in [1.82, 2.24) is 10.9 Å². The van der Waals surface area contributed by atoms with Crippen molar-refractivity contribution in [1.29, 1.82) is 0 Å². The molecule has 1 unspecified atom stereocenters. The molecule has 0 rings (SSSR count). The van der Waals surface area contributed by atoms with Gasteiger partial charge >= 0.3 is 0 Å². The van der Waals surface area contributed by atoms with Crippen molar-refractivity contribution in [2.24, 2.45) is 0 Å². The maximum absolute atomic E-state index is 10.4. The minimum atomic E-state index is -0.627. The Bertz CT molecular complexity index is 115. The molecular weight excluding hydrogens is 144 g/mol. The molecule has 0 saturated carbocycles. The first-order valence-corrected chi connectivity index (χ1v) is 2.75. The van der Waals surface area contributed by atoms with Crippen LogP contribution in [0.5, 0.6) is 0 Å². The van der Waals surface area contributed by atoms with E-state index in [-0.39, 0.29) is 0 Å². The number of rotatable bonds is 3. The van der Waals surface area contributed by atoms with Crippen molar-refractivity contribution in [3.8, 4) is 0 Å². The van der Waals surface area contributed by atoms with E-state index in [0.29, 0.717) is 6.41 Å². The summed E-state index contributed by atoms with van der Waals surface area (Å²) in [6.07, 6.45) is 0.358. The van der Waals surface area contributed by atoms with Crippen LogP contribution in [0.1, 0.15) is 6.92 Å². The van der Waals surface area contributed by atoms with Gasteiger partial charge in [0.1, 0.15) is 5.38 Å². The Morgan fingerprint density at radius 1 is 1.78 bits per heavy atom. The number of nitrogens with one attached hydrogen (secondary N) is 2. The van der Waals surface area contributed by atoms with E-state index >= 15 is 0 Å². The fraction of sp³-hybridized carbons (Fsp3) is 0.500. The van der Waals surface area contributed by atoms with Gasteiger partial charge in [-0.05, 0) is 6.92 Å². The van der Waals surface area contributed by atoms with Crippen LogP contribution in [-0.2, 0) is 9.59 Å². The van der Waals surface area contributed by atoms with Crippen molar-refractivity contribution in [2.75, 3.05) is 0 Å². The van der Waals surface area contributed by atoms with Crippen LogP contribution in [-0.4, -0.2) is 17.7 Å². The first-order valence-electron chi connectivity index (χ1n) is 2.31. The third-order valence-electron chi connectivity index (χ3n) is 0.616. The zero-order chi connectivity index (χ0) is 7.28. The summed E-state index contributed by atoms with van der Waals surface area (Å²) in [5, 5.41) is -0.627. The molecule has 0 aliphatic heterocycles. The minimum Gasteiger partial charge on any atom is -0.277 e. The highest BCUT2D eigenvalue weighted by atomic mass is 35.5. The zero-order valence-corrected chi connectivity index (χ0v) is 5.61. The summed E-state index contributed by atoms with van der Waals surface area (Å²) in [5.74, 6) is -0.427. The topological polar surface area (TPSA) is 58.2 Å². The predicted molar refractivity (Wildman–Crippen MR) is 32.7 cm³/mol. The summed E-state index contributed by atoms with van der Waals surface area (Å²) in [5.41, 5.74) is 4.01. The molecule has 4 nitrogen and oxygen atoms in total. The van der Waals surface area contributed by atoms with E-state index < -0.39 is 11.3 Å². The standard InChI is InChI=1S/C4H7ClN2O2/c1-3(5)4(9)7-6-2-8/h2-3H,1H3,(H,6,8)(H,7,9). The van der Waals surface area contributed by atoms with Gasteiger partial charge in [0.2, 0.25) is 6.41 Å². The van der Waals surface area contributed by atoms with E-state index in [1.807, 2.05) is 10.9 Å². The van der Waals surface area contributed by atoms with Crippen LogP contribution in [0.4, 0.5) is 0 Å². The molecule has 9 heavy (non-hydrogen) atoms. The number of hydrogen-bond donors (Lipinski definition) is 2. The molecule has 0 radical (unpaired) electrons. The lowest BCUT2D eigenvalue weighted by Crippen LogP contribution is -2.39. The number of hydrazine groups is 1. The Labute approximate surface area is 57.5 Å². The minimum absolute atomic E-state index is 0.358. The number of hydrogen-bond acceptors (Lipinski definition) is 2. The lowest BCUT2D eigenvalue weighted by atomic mass is 10.5. The summed E-state index contributed by atoms with van der Waals surface area (Å²) in [6, 6.07) is 0. The summed E-state index contributed by atoms with van der Waals surface area (Å²) in [4.78, 5) is 20.0. The molecule has 2 amide bonds. The van der Waals surface area contributed by atoms with E-state index in [4.69, 9.17) is 11.6 Å². The van der Waals surface area contributed by atoms with Crippen molar-refractivity contribution in [3.05, 3.63) is 0 Å². The molecule has 0 aromatic carbocycles. The highest BCUT2D eigenvalue weighted by Gasteiger charge is 2.05. The largest absolute Gasteiger partial charge is 0.277 e. The third kappa shape index (κ3) is 3.78. The van der Waals surface area contributed by atoms with Gasteiger partial charge in [0.05, 0.1) is 0 Å². The predicted octanol–water partition coefficient (Wildman–Crippen LogP) is -0.609. The quantitative estimate of drug-likeness (QED) is 0.320. The van der Waals surface area contributed by atoms with Crippen LogP contribution in [0, 0.1) is 0 Å². The average Bonchev–Trinajstić information content (AvgIpc) is 1.82. The Balaban J connectivity index is 3.38. The molecular formula is C4H7ClN2O2. The van der Waals surface area contributed by atoms with Gasteiger partial charge in [-0.15, -0.1) is 11.6 Å². The highest BCUT2D eigenvalue weighted by molar-refractivity contribution is 6.30. The second-order valence-electron chi connectivity index (χ2n) is 1.37. The van der Waals surface area contributed by atoms with Gasteiger partial charge in [-0.3, -0.25) is 20.4 Å². The lowest BCUT2D eigenvalue weighted by Gasteiger charge is -2.01. The van der Waals surface area contributed by atoms with E-state index in [1.54, 1.807) is 0 Å². The van der Waals surface area contributed by atoms with Gasteiger partial charge in [-0.25, -0.2) is 0 Å². The summed E-state index contributed by atoms with van der Waals surface area (Å²) >= 11 is 5.30. The van der Waals surface area contributed by atoms with Crippen molar-refractivity contribution in [2.45, 2.75) is 12.3 Å². The molecule has 2 N–H and O–H groups in total. The van der Waals surface area contributed by atoms with Crippen molar-refractivity contribution >= 4 is 23.9 Å². The maximum Gasteiger partial charge on any atom is 0.256 e. The molecule has 0 spiro atoms. The van der Waals surface area contributed by atoms with Crippen LogP contribution in [0.2, 0.25) is 0 Å². The second kappa shape index (κ2) is 4.14. The maximum atomic E-state index is 10.4. The molecule has 0 heterocycles. The third-order valence-corrected chi connectivity index (χ3v) is 0.814. The molecule has 0 aliphatic rings. The Hall–Kier alpha value is -0.770. The molecule has 0 aromatic heterocycles. The Morgan fingerprint density at radius 3 is 2.67 bits per heavy atom. The van der Waals surface area contributed by atoms with Crippen LogP contribution >= 0.6 is 11.6 Å². The molecule has 52 valence electrons. The van der Waals surface area contributed by atoms with E-state index in [9.17, 15) is 9.59 Å². The van der Waals surface area contributed by atoms with Gasteiger partial charge in [0, 0.05) is 0 Å². The smallest absolute Gasteiger partial charge is 0.256 e. The zero-order valence-electron chi connectivity index (χ0n) is 4.85. The fourth-order valence-electron chi connectivity index (χ4n) is 0.200. The van der Waals surface area contributed by atoms with E-state index in [2.05, 4.69) is 0 Å². The van der Waals surface area contributed by atoms with Gasteiger partial charge in [-0.2, -0.15) is 0 Å². The molecule has 5 heteroatoms. The molecule has 0 aromatic rings. The highest BCUT2D eigenvalue weighted by Crippen LogP contribution is 1.89. The molecule has 0 fully saturated rings. The lowest BCUT2D eigenvalue weighted by molar-refractivity contribution is -0.124. The van der Waals surface area contributed by atoms with Gasteiger partial charge in [-0.1, -0.05) is 0 Å². The number of halogens is 1. The monoisotopic (exact) mass is 150 g/mol. The normalized spacial score (nSPS) is 11.8. The van der Waals surface area contributed by atoms with Crippen molar-refractivity contribution in [3.63, 3.8) is 0 Å². The second-order valence-corrected chi connectivity index (χ2v) is 2.02. The first-order chi connectivity index (χ1) is 4.18. The average molecular weight is 151 g/mol. The van der Waals surface area contributed by atoms with Crippen LogP contribution < -0.4 is 10.9 Å². The first kappa shape index (κ1) is 8.23. The van der Waals surface area contributed by atoms with E-state index in [0.717, 1.165) is 0 Å². The summed E-state index contributed by atoms with van der Waals surface area (Å²) < 4.78 is 0.